The van der Waals surface area contributed by atoms with Gasteiger partial charge in [-0.25, -0.2) is 9.37 Å². The van der Waals surface area contributed by atoms with Crippen molar-refractivity contribution in [3.8, 4) is 11.9 Å². The number of aromatic nitrogens is 3. The summed E-state index contributed by atoms with van der Waals surface area (Å²) in [5.41, 5.74) is -0.782. The van der Waals surface area contributed by atoms with Crippen LogP contribution in [-0.2, 0) is 0 Å². The molecule has 0 aromatic carbocycles. The van der Waals surface area contributed by atoms with Gasteiger partial charge in [0.2, 0.25) is 5.88 Å². The van der Waals surface area contributed by atoms with Crippen molar-refractivity contribution in [3.63, 3.8) is 0 Å². The summed E-state index contributed by atoms with van der Waals surface area (Å²) < 4.78 is 61.3. The van der Waals surface area contributed by atoms with E-state index in [0.717, 1.165) is 19.0 Å². The minimum Gasteiger partial charge on any atom is -0.467 e. The fraction of sp³-hybridized carbons (Fsp3) is 0.500. The van der Waals surface area contributed by atoms with Gasteiger partial charge in [0.05, 0.1) is 18.6 Å². The Morgan fingerprint density at radius 1 is 1.24 bits per heavy atom. The van der Waals surface area contributed by atoms with Crippen molar-refractivity contribution in [1.82, 2.24) is 15.0 Å². The monoisotopic (exact) mass is 381 g/mol. The van der Waals surface area contributed by atoms with E-state index in [-0.39, 0.29) is 30.1 Å². The molecule has 0 bridgehead atoms. The maximum absolute atomic E-state index is 14.1. The van der Waals surface area contributed by atoms with Crippen LogP contribution in [-0.4, -0.2) is 46.1 Å². The fourth-order valence-electron chi connectivity index (χ4n) is 2.06. The second-order valence-electron chi connectivity index (χ2n) is 5.79. The molecule has 6 nitrogen and oxygen atoms in total. The van der Waals surface area contributed by atoms with Gasteiger partial charge in [-0.3, -0.25) is 0 Å². The first-order valence-corrected chi connectivity index (χ1v) is 7.56. The molecular formula is C14H12ClF4N3O3. The van der Waals surface area contributed by atoms with Crippen molar-refractivity contribution in [1.29, 1.82) is 0 Å². The number of hydrogen-bond donors (Lipinski definition) is 1. The molecular weight excluding hydrogens is 370 g/mol. The van der Waals surface area contributed by atoms with Crippen LogP contribution < -0.4 is 9.47 Å². The molecule has 11 heteroatoms. The summed E-state index contributed by atoms with van der Waals surface area (Å²) >= 11 is 5.58. The van der Waals surface area contributed by atoms with Gasteiger partial charge < -0.3 is 14.6 Å². The van der Waals surface area contributed by atoms with Gasteiger partial charge in [-0.1, -0.05) is 11.6 Å². The number of pyridine rings is 1. The molecule has 0 spiro atoms. The highest BCUT2D eigenvalue weighted by molar-refractivity contribution is 6.30. The third-order valence-electron chi connectivity index (χ3n) is 3.76. The van der Waals surface area contributed by atoms with Gasteiger partial charge in [-0.15, -0.1) is 0 Å². The van der Waals surface area contributed by atoms with Crippen LogP contribution in [0, 0.1) is 11.2 Å². The molecule has 2 aromatic rings. The lowest BCUT2D eigenvalue weighted by Gasteiger charge is -2.14. The molecule has 2 heterocycles. The molecule has 0 atom stereocenters. The van der Waals surface area contributed by atoms with Gasteiger partial charge in [0.25, 0.3) is 0 Å². The number of aliphatic hydroxyl groups is 1. The number of nitrogens with zero attached hydrogens (tertiary/aromatic N) is 3. The molecule has 0 saturated heterocycles. The van der Waals surface area contributed by atoms with Gasteiger partial charge in [-0.2, -0.15) is 23.1 Å². The maximum atomic E-state index is 14.1. The third kappa shape index (κ3) is 4.01. The van der Waals surface area contributed by atoms with Gasteiger partial charge in [0.15, 0.2) is 17.6 Å². The number of rotatable bonds is 6. The summed E-state index contributed by atoms with van der Waals surface area (Å²) in [6.07, 6.45) is -2.12. The Bertz CT molecular complexity index is 799. The van der Waals surface area contributed by atoms with E-state index in [1.165, 1.54) is 0 Å². The van der Waals surface area contributed by atoms with Crippen LogP contribution in [0.1, 0.15) is 12.8 Å². The predicted molar refractivity (Wildman–Crippen MR) is 78.1 cm³/mol. The Kier molecular flexibility index (Phi) is 4.58. The lowest BCUT2D eigenvalue weighted by Crippen LogP contribution is -2.21. The van der Waals surface area contributed by atoms with E-state index in [1.54, 1.807) is 0 Å². The largest absolute Gasteiger partial charge is 0.467 e. The molecule has 0 unspecified atom stereocenters. The highest BCUT2D eigenvalue weighted by atomic mass is 35.5. The molecule has 0 radical (unpaired) electrons. The average molecular weight is 382 g/mol. The number of hydrogen-bond acceptors (Lipinski definition) is 6. The van der Waals surface area contributed by atoms with Gasteiger partial charge in [-0.05, 0) is 12.8 Å². The Labute approximate surface area is 143 Å². The lowest BCUT2D eigenvalue weighted by molar-refractivity contribution is -0.153. The van der Waals surface area contributed by atoms with Crippen LogP contribution in [0.3, 0.4) is 0 Å². The van der Waals surface area contributed by atoms with Gasteiger partial charge in [0, 0.05) is 11.6 Å². The summed E-state index contributed by atoms with van der Waals surface area (Å²) in [5, 5.41) is 8.60. The van der Waals surface area contributed by atoms with Gasteiger partial charge in [0.1, 0.15) is 5.52 Å². The number of aliphatic hydroxyl groups excluding tert-OH is 1. The minimum atomic E-state index is -4.61. The predicted octanol–water partition coefficient (Wildman–Crippen LogP) is 2.91. The first-order chi connectivity index (χ1) is 11.7. The highest BCUT2D eigenvalue weighted by Crippen LogP contribution is 2.45. The third-order valence-corrected chi connectivity index (χ3v) is 4.02. The summed E-state index contributed by atoms with van der Waals surface area (Å²) in [6, 6.07) is -0.370. The molecule has 1 fully saturated rings. The molecule has 3 rings (SSSR count). The molecule has 1 saturated carbocycles. The van der Waals surface area contributed by atoms with Crippen molar-refractivity contribution in [2.24, 2.45) is 5.41 Å². The molecule has 136 valence electrons. The van der Waals surface area contributed by atoms with Crippen LogP contribution in [0.4, 0.5) is 17.6 Å². The molecule has 1 aliphatic carbocycles. The summed E-state index contributed by atoms with van der Waals surface area (Å²) in [5.74, 6) is -1.54. The van der Waals surface area contributed by atoms with Crippen molar-refractivity contribution < 1.29 is 32.1 Å². The van der Waals surface area contributed by atoms with E-state index in [4.69, 9.17) is 16.3 Å². The molecule has 25 heavy (non-hydrogen) atoms. The zero-order valence-corrected chi connectivity index (χ0v) is 13.4. The normalized spacial score (nSPS) is 16.1. The first-order valence-electron chi connectivity index (χ1n) is 7.18. The smallest absolute Gasteiger partial charge is 0.422 e. The van der Waals surface area contributed by atoms with E-state index >= 15 is 0 Å². The van der Waals surface area contributed by atoms with Crippen molar-refractivity contribution in [2.75, 3.05) is 19.8 Å². The molecule has 0 amide bonds. The van der Waals surface area contributed by atoms with E-state index < -0.39 is 35.0 Å². The molecule has 2 aromatic heterocycles. The molecule has 1 aliphatic rings. The van der Waals surface area contributed by atoms with E-state index in [9.17, 15) is 22.7 Å². The van der Waals surface area contributed by atoms with Crippen molar-refractivity contribution in [2.45, 2.75) is 19.0 Å². The lowest BCUT2D eigenvalue weighted by atomic mass is 10.1. The number of ether oxygens (including phenoxy) is 2. The quantitative estimate of drug-likeness (QED) is 0.612. The number of fused-ring (bicyclic) bond motifs is 1. The van der Waals surface area contributed by atoms with E-state index in [1.807, 2.05) is 0 Å². The Morgan fingerprint density at radius 3 is 2.56 bits per heavy atom. The Morgan fingerprint density at radius 2 is 1.96 bits per heavy atom. The zero-order valence-electron chi connectivity index (χ0n) is 12.6. The average Bonchev–Trinajstić information content (AvgIpc) is 3.34. The van der Waals surface area contributed by atoms with Crippen molar-refractivity contribution in [3.05, 3.63) is 17.2 Å². The van der Waals surface area contributed by atoms with Crippen LogP contribution in [0.15, 0.2) is 6.20 Å². The fourth-order valence-corrected chi connectivity index (χ4v) is 2.19. The number of alkyl halides is 3. The standard InChI is InChI=1S/C14H12ClF4N3O3/c15-10-8(16)9-7(3-20-10)11(24-6-14(17,18)19)22-12(21-9)25-5-13(4-23)1-2-13/h3,23H,1-2,4-6H2. The van der Waals surface area contributed by atoms with E-state index in [2.05, 4.69) is 19.7 Å². The minimum absolute atomic E-state index is 0.0498. The van der Waals surface area contributed by atoms with E-state index in [0.29, 0.717) is 0 Å². The Hall–Kier alpha value is -1.94. The second kappa shape index (κ2) is 6.41. The topological polar surface area (TPSA) is 77.4 Å². The van der Waals surface area contributed by atoms with Crippen LogP contribution in [0.25, 0.3) is 10.9 Å². The first kappa shape index (κ1) is 17.9. The zero-order chi connectivity index (χ0) is 18.2. The molecule has 1 N–H and O–H groups in total. The van der Waals surface area contributed by atoms with Gasteiger partial charge >= 0.3 is 12.2 Å². The summed E-state index contributed by atoms with van der Waals surface area (Å²) in [4.78, 5) is 11.1. The molecule has 0 aliphatic heterocycles. The number of halogens is 5. The van der Waals surface area contributed by atoms with Crippen LogP contribution in [0.5, 0.6) is 11.9 Å². The highest BCUT2D eigenvalue weighted by Gasteiger charge is 2.43. The Balaban J connectivity index is 1.95. The van der Waals surface area contributed by atoms with Crippen LogP contribution in [0.2, 0.25) is 5.15 Å². The summed E-state index contributed by atoms with van der Waals surface area (Å²) in [7, 11) is 0. The second-order valence-corrected chi connectivity index (χ2v) is 6.15. The summed E-state index contributed by atoms with van der Waals surface area (Å²) in [6.45, 7) is -1.68. The van der Waals surface area contributed by atoms with Crippen molar-refractivity contribution >= 4 is 22.5 Å². The SMILES string of the molecule is OCC1(COc2nc(OCC(F)(F)F)c3cnc(Cl)c(F)c3n2)CC1. The van der Waals surface area contributed by atoms with Crippen LogP contribution >= 0.6 is 11.6 Å². The maximum Gasteiger partial charge on any atom is 0.422 e.